The number of hydrogen-bond acceptors (Lipinski definition) is 3. The fraction of sp³-hybridized carbons (Fsp3) is 0.500. The van der Waals surface area contributed by atoms with Gasteiger partial charge in [0.2, 0.25) is 10.0 Å². The number of nitrogens with zero attached hydrogens (tertiary/aromatic N) is 1. The van der Waals surface area contributed by atoms with E-state index < -0.39 is 10.0 Å². The lowest BCUT2D eigenvalue weighted by Gasteiger charge is -2.11. The van der Waals surface area contributed by atoms with Crippen LogP contribution in [0.25, 0.3) is 0 Å². The van der Waals surface area contributed by atoms with E-state index in [1.165, 1.54) is 7.05 Å². The Labute approximate surface area is 150 Å². The Morgan fingerprint density at radius 3 is 2.32 bits per heavy atom. The Morgan fingerprint density at radius 2 is 1.82 bits per heavy atom. The van der Waals surface area contributed by atoms with Gasteiger partial charge < -0.3 is 10.6 Å². The van der Waals surface area contributed by atoms with Gasteiger partial charge in [-0.2, -0.15) is 0 Å². The molecule has 6 nitrogen and oxygen atoms in total. The number of guanidine groups is 1. The second kappa shape index (κ2) is 10.8. The van der Waals surface area contributed by atoms with Gasteiger partial charge in [0, 0.05) is 20.1 Å². The van der Waals surface area contributed by atoms with Gasteiger partial charge in [0.05, 0.1) is 4.90 Å². The highest BCUT2D eigenvalue weighted by atomic mass is 127. The van der Waals surface area contributed by atoms with Gasteiger partial charge in [0.1, 0.15) is 0 Å². The molecule has 8 heteroatoms. The van der Waals surface area contributed by atoms with Gasteiger partial charge in [-0.05, 0) is 31.2 Å². The second-order valence-electron chi connectivity index (χ2n) is 4.56. The Morgan fingerprint density at radius 1 is 1.18 bits per heavy atom. The smallest absolute Gasteiger partial charge is 0.240 e. The summed E-state index contributed by atoms with van der Waals surface area (Å²) in [5, 5.41) is 6.41. The van der Waals surface area contributed by atoms with Gasteiger partial charge in [-0.25, -0.2) is 13.1 Å². The van der Waals surface area contributed by atoms with Crippen LogP contribution in [0.5, 0.6) is 0 Å². The number of sulfonamides is 1. The van der Waals surface area contributed by atoms with E-state index in [0.717, 1.165) is 30.9 Å². The summed E-state index contributed by atoms with van der Waals surface area (Å²) in [6, 6.07) is 6.76. The molecular formula is C14H25IN4O2S. The molecule has 1 aromatic carbocycles. The average Bonchev–Trinajstić information content (AvgIpc) is 2.51. The summed E-state index contributed by atoms with van der Waals surface area (Å²) in [4.78, 5) is 4.40. The number of aliphatic imine (C=N–C) groups is 1. The molecule has 0 bridgehead atoms. The van der Waals surface area contributed by atoms with Crippen molar-refractivity contribution >= 4 is 40.0 Å². The minimum absolute atomic E-state index is 0. The van der Waals surface area contributed by atoms with Crippen LogP contribution in [-0.4, -0.2) is 35.0 Å². The Hall–Kier alpha value is -0.870. The summed E-state index contributed by atoms with van der Waals surface area (Å²) < 4.78 is 25.5. The molecule has 1 aromatic rings. The SMILES string of the molecule is CCCCNC(=NC)NCc1ccc(S(=O)(=O)NC)cc1.I. The monoisotopic (exact) mass is 440 g/mol. The van der Waals surface area contributed by atoms with E-state index in [0.29, 0.717) is 6.54 Å². The molecule has 1 rings (SSSR count). The predicted molar refractivity (Wildman–Crippen MR) is 101 cm³/mol. The number of rotatable bonds is 7. The van der Waals surface area contributed by atoms with Crippen molar-refractivity contribution in [3.8, 4) is 0 Å². The molecule has 0 atom stereocenters. The topological polar surface area (TPSA) is 82.6 Å². The molecule has 0 radical (unpaired) electrons. The molecule has 0 aromatic heterocycles. The van der Waals surface area contributed by atoms with Gasteiger partial charge in [0.25, 0.3) is 0 Å². The molecule has 0 amide bonds. The van der Waals surface area contributed by atoms with E-state index >= 15 is 0 Å². The highest BCUT2D eigenvalue weighted by Crippen LogP contribution is 2.09. The van der Waals surface area contributed by atoms with Crippen molar-refractivity contribution in [2.75, 3.05) is 20.6 Å². The zero-order valence-corrected chi connectivity index (χ0v) is 16.4. The molecule has 22 heavy (non-hydrogen) atoms. The van der Waals surface area contributed by atoms with Gasteiger partial charge in [-0.15, -0.1) is 24.0 Å². The van der Waals surface area contributed by atoms with Crippen molar-refractivity contribution in [3.63, 3.8) is 0 Å². The van der Waals surface area contributed by atoms with Crippen molar-refractivity contribution in [2.24, 2.45) is 4.99 Å². The molecule has 126 valence electrons. The maximum absolute atomic E-state index is 11.6. The second-order valence-corrected chi connectivity index (χ2v) is 6.44. The molecule has 3 N–H and O–H groups in total. The van der Waals surface area contributed by atoms with Gasteiger partial charge in [0.15, 0.2) is 5.96 Å². The van der Waals surface area contributed by atoms with E-state index in [1.807, 2.05) is 0 Å². The zero-order valence-electron chi connectivity index (χ0n) is 13.2. The average molecular weight is 440 g/mol. The molecule has 0 aliphatic rings. The number of hydrogen-bond donors (Lipinski definition) is 3. The molecule has 0 aliphatic heterocycles. The fourth-order valence-electron chi connectivity index (χ4n) is 1.69. The van der Waals surface area contributed by atoms with Crippen molar-refractivity contribution in [2.45, 2.75) is 31.2 Å². The van der Waals surface area contributed by atoms with Crippen molar-refractivity contribution in [1.29, 1.82) is 0 Å². The highest BCUT2D eigenvalue weighted by molar-refractivity contribution is 14.0. The van der Waals surface area contributed by atoms with Crippen LogP contribution in [0.3, 0.4) is 0 Å². The van der Waals surface area contributed by atoms with Crippen LogP contribution in [0.1, 0.15) is 25.3 Å². The third-order valence-corrected chi connectivity index (χ3v) is 4.44. The van der Waals surface area contributed by atoms with Crippen LogP contribution in [0.15, 0.2) is 34.2 Å². The first-order valence-corrected chi connectivity index (χ1v) is 8.48. The lowest BCUT2D eigenvalue weighted by atomic mass is 10.2. The number of halogens is 1. The van der Waals surface area contributed by atoms with E-state index in [1.54, 1.807) is 31.3 Å². The lowest BCUT2D eigenvalue weighted by Crippen LogP contribution is -2.37. The standard InChI is InChI=1S/C14H24N4O2S.HI/c1-4-5-10-17-14(15-2)18-11-12-6-8-13(9-7-12)21(19,20)16-3;/h6-9,16H,4-5,10-11H2,1-3H3,(H2,15,17,18);1H. The van der Waals surface area contributed by atoms with Crippen LogP contribution >= 0.6 is 24.0 Å². The van der Waals surface area contributed by atoms with E-state index in [-0.39, 0.29) is 28.9 Å². The van der Waals surface area contributed by atoms with Crippen LogP contribution in [-0.2, 0) is 16.6 Å². The zero-order chi connectivity index (χ0) is 15.7. The Kier molecular flexibility index (Phi) is 10.4. The molecular weight excluding hydrogens is 415 g/mol. The maximum Gasteiger partial charge on any atom is 0.240 e. The Balaban J connectivity index is 0.00000441. The molecule has 0 heterocycles. The van der Waals surface area contributed by atoms with Crippen LogP contribution in [0, 0.1) is 0 Å². The summed E-state index contributed by atoms with van der Waals surface area (Å²) in [6.45, 7) is 3.61. The molecule has 0 spiro atoms. The van der Waals surface area contributed by atoms with E-state index in [4.69, 9.17) is 0 Å². The van der Waals surface area contributed by atoms with Crippen molar-refractivity contribution < 1.29 is 8.42 Å². The van der Waals surface area contributed by atoms with Gasteiger partial charge >= 0.3 is 0 Å². The van der Waals surface area contributed by atoms with Crippen LogP contribution < -0.4 is 15.4 Å². The Bertz CT molecular complexity index is 559. The normalized spacial score (nSPS) is 11.7. The largest absolute Gasteiger partial charge is 0.356 e. The summed E-state index contributed by atoms with van der Waals surface area (Å²) >= 11 is 0. The summed E-state index contributed by atoms with van der Waals surface area (Å²) in [5.41, 5.74) is 0.989. The summed E-state index contributed by atoms with van der Waals surface area (Å²) in [5.74, 6) is 0.746. The number of unbranched alkanes of at least 4 members (excludes halogenated alkanes) is 1. The third-order valence-electron chi connectivity index (χ3n) is 3.01. The number of benzene rings is 1. The fourth-order valence-corrected chi connectivity index (χ4v) is 2.42. The van der Waals surface area contributed by atoms with Crippen LogP contribution in [0.2, 0.25) is 0 Å². The maximum atomic E-state index is 11.6. The molecule has 0 saturated heterocycles. The van der Waals surface area contributed by atoms with E-state index in [9.17, 15) is 8.42 Å². The summed E-state index contributed by atoms with van der Waals surface area (Å²) in [6.07, 6.45) is 2.22. The van der Waals surface area contributed by atoms with Crippen molar-refractivity contribution in [3.05, 3.63) is 29.8 Å². The van der Waals surface area contributed by atoms with Gasteiger partial charge in [-0.3, -0.25) is 4.99 Å². The predicted octanol–water partition coefficient (Wildman–Crippen LogP) is 1.68. The molecule has 0 unspecified atom stereocenters. The minimum Gasteiger partial charge on any atom is -0.356 e. The summed E-state index contributed by atoms with van der Waals surface area (Å²) in [7, 11) is -0.247. The first kappa shape index (κ1) is 21.1. The first-order valence-electron chi connectivity index (χ1n) is 7.00. The number of nitrogens with one attached hydrogen (secondary N) is 3. The van der Waals surface area contributed by atoms with Crippen LogP contribution in [0.4, 0.5) is 0 Å². The minimum atomic E-state index is -3.37. The molecule has 0 fully saturated rings. The van der Waals surface area contributed by atoms with E-state index in [2.05, 4.69) is 27.3 Å². The molecule has 0 saturated carbocycles. The highest BCUT2D eigenvalue weighted by Gasteiger charge is 2.10. The van der Waals surface area contributed by atoms with Crippen molar-refractivity contribution in [1.82, 2.24) is 15.4 Å². The molecule has 0 aliphatic carbocycles. The quantitative estimate of drug-likeness (QED) is 0.261. The third kappa shape index (κ3) is 6.93. The lowest BCUT2D eigenvalue weighted by molar-refractivity contribution is 0.588. The van der Waals surface area contributed by atoms with Gasteiger partial charge in [-0.1, -0.05) is 25.5 Å². The first-order chi connectivity index (χ1) is 10.0.